The number of rotatable bonds is 4. The number of nitrogens with zero attached hydrogens (tertiary/aromatic N) is 1. The van der Waals surface area contributed by atoms with Crippen molar-refractivity contribution in [2.24, 2.45) is 0 Å². The maximum absolute atomic E-state index is 12.8. The minimum Gasteiger partial charge on any atom is -0.497 e. The monoisotopic (exact) mass is 321 g/mol. The van der Waals surface area contributed by atoms with Gasteiger partial charge in [-0.25, -0.2) is 8.42 Å². The summed E-state index contributed by atoms with van der Waals surface area (Å²) in [4.78, 5) is 0. The van der Waals surface area contributed by atoms with Gasteiger partial charge in [-0.2, -0.15) is 4.31 Å². The van der Waals surface area contributed by atoms with E-state index in [1.807, 2.05) is 24.3 Å². The molecule has 2 aromatic rings. The SMILES string of the molecule is COc1cccc(C2CCCN2S(=O)(=O)c2ccc(C)o2)c1. The molecule has 1 atom stereocenters. The Labute approximate surface area is 130 Å². The number of benzene rings is 1. The summed E-state index contributed by atoms with van der Waals surface area (Å²) in [6.45, 7) is 2.24. The van der Waals surface area contributed by atoms with Gasteiger partial charge >= 0.3 is 0 Å². The first kappa shape index (κ1) is 15.1. The standard InChI is InChI=1S/C16H19NO4S/c1-12-8-9-16(21-12)22(18,19)17-10-4-7-15(17)13-5-3-6-14(11-13)20-2/h3,5-6,8-9,11,15H,4,7,10H2,1-2H3. The van der Waals surface area contributed by atoms with Crippen molar-refractivity contribution in [3.63, 3.8) is 0 Å². The third-order valence-electron chi connectivity index (χ3n) is 3.96. The normalized spacial score (nSPS) is 19.5. The van der Waals surface area contributed by atoms with Gasteiger partial charge in [0.2, 0.25) is 5.09 Å². The first-order valence-electron chi connectivity index (χ1n) is 7.24. The van der Waals surface area contributed by atoms with E-state index in [0.717, 1.165) is 24.2 Å². The van der Waals surface area contributed by atoms with Crippen molar-refractivity contribution in [3.8, 4) is 5.75 Å². The molecule has 1 unspecified atom stereocenters. The third kappa shape index (κ3) is 2.64. The van der Waals surface area contributed by atoms with Gasteiger partial charge in [0.1, 0.15) is 11.5 Å². The van der Waals surface area contributed by atoms with Gasteiger partial charge in [0.25, 0.3) is 10.0 Å². The molecule has 1 aromatic heterocycles. The van der Waals surface area contributed by atoms with Crippen LogP contribution in [0.1, 0.15) is 30.2 Å². The highest BCUT2D eigenvalue weighted by Crippen LogP contribution is 2.37. The van der Waals surface area contributed by atoms with Crippen LogP contribution in [0.2, 0.25) is 0 Å². The molecule has 0 bridgehead atoms. The first-order valence-corrected chi connectivity index (χ1v) is 8.68. The predicted octanol–water partition coefficient (Wildman–Crippen LogP) is 3.12. The second-order valence-corrected chi connectivity index (χ2v) is 7.24. The molecule has 0 N–H and O–H groups in total. The Kier molecular flexibility index (Phi) is 3.97. The molecule has 0 radical (unpaired) electrons. The van der Waals surface area contributed by atoms with E-state index in [2.05, 4.69) is 0 Å². The maximum atomic E-state index is 12.8. The highest BCUT2D eigenvalue weighted by molar-refractivity contribution is 7.89. The molecular formula is C16H19NO4S. The summed E-state index contributed by atoms with van der Waals surface area (Å²) in [6.07, 6.45) is 1.63. The van der Waals surface area contributed by atoms with Crippen LogP contribution in [-0.4, -0.2) is 26.4 Å². The van der Waals surface area contributed by atoms with Gasteiger partial charge in [0.15, 0.2) is 0 Å². The lowest BCUT2D eigenvalue weighted by molar-refractivity contribution is 0.361. The fourth-order valence-electron chi connectivity index (χ4n) is 2.88. The van der Waals surface area contributed by atoms with Gasteiger partial charge in [-0.1, -0.05) is 12.1 Å². The predicted molar refractivity (Wildman–Crippen MR) is 82.3 cm³/mol. The zero-order chi connectivity index (χ0) is 15.7. The lowest BCUT2D eigenvalue weighted by atomic mass is 10.1. The van der Waals surface area contributed by atoms with Crippen molar-refractivity contribution in [1.29, 1.82) is 0 Å². The molecule has 5 nitrogen and oxygen atoms in total. The van der Waals surface area contributed by atoms with Gasteiger partial charge in [0, 0.05) is 6.54 Å². The summed E-state index contributed by atoms with van der Waals surface area (Å²) in [7, 11) is -2.00. The molecule has 3 rings (SSSR count). The number of ether oxygens (including phenoxy) is 1. The third-order valence-corrected chi connectivity index (χ3v) is 5.74. The van der Waals surface area contributed by atoms with E-state index in [4.69, 9.17) is 9.15 Å². The van der Waals surface area contributed by atoms with Crippen LogP contribution in [0.4, 0.5) is 0 Å². The molecule has 1 aromatic carbocycles. The molecule has 1 fully saturated rings. The van der Waals surface area contributed by atoms with E-state index >= 15 is 0 Å². The van der Waals surface area contributed by atoms with Crippen LogP contribution in [0.3, 0.4) is 0 Å². The summed E-state index contributed by atoms with van der Waals surface area (Å²) in [6, 6.07) is 10.6. The minimum atomic E-state index is -3.61. The maximum Gasteiger partial charge on any atom is 0.277 e. The molecule has 118 valence electrons. The molecule has 0 saturated carbocycles. The average molecular weight is 321 g/mol. The highest BCUT2D eigenvalue weighted by atomic mass is 32.2. The fourth-order valence-corrected chi connectivity index (χ4v) is 4.52. The van der Waals surface area contributed by atoms with E-state index < -0.39 is 10.0 Å². The van der Waals surface area contributed by atoms with Crippen LogP contribution in [0.25, 0.3) is 0 Å². The quantitative estimate of drug-likeness (QED) is 0.868. The van der Waals surface area contributed by atoms with E-state index in [-0.39, 0.29) is 11.1 Å². The van der Waals surface area contributed by atoms with E-state index in [1.54, 1.807) is 20.1 Å². The Morgan fingerprint density at radius 3 is 2.77 bits per heavy atom. The number of aryl methyl sites for hydroxylation is 1. The summed E-state index contributed by atoms with van der Waals surface area (Å²) in [5, 5.41) is 0.0137. The summed E-state index contributed by atoms with van der Waals surface area (Å²) < 4.78 is 37.7. The van der Waals surface area contributed by atoms with Gasteiger partial charge in [-0.05, 0) is 49.6 Å². The number of sulfonamides is 1. The zero-order valence-corrected chi connectivity index (χ0v) is 13.5. The fraction of sp³-hybridized carbons (Fsp3) is 0.375. The summed E-state index contributed by atoms with van der Waals surface area (Å²) in [5.41, 5.74) is 0.948. The number of hydrogen-bond acceptors (Lipinski definition) is 4. The molecule has 0 amide bonds. The summed E-state index contributed by atoms with van der Waals surface area (Å²) >= 11 is 0. The van der Waals surface area contributed by atoms with Crippen LogP contribution in [0.5, 0.6) is 5.75 Å². The second-order valence-electron chi connectivity index (χ2n) is 5.42. The Morgan fingerprint density at radius 1 is 1.27 bits per heavy atom. The second kappa shape index (κ2) is 5.78. The van der Waals surface area contributed by atoms with Crippen molar-refractivity contribution in [3.05, 3.63) is 47.7 Å². The van der Waals surface area contributed by atoms with Crippen LogP contribution >= 0.6 is 0 Å². The Morgan fingerprint density at radius 2 is 2.09 bits per heavy atom. The van der Waals surface area contributed by atoms with Crippen molar-refractivity contribution >= 4 is 10.0 Å². The van der Waals surface area contributed by atoms with Crippen molar-refractivity contribution < 1.29 is 17.6 Å². The largest absolute Gasteiger partial charge is 0.497 e. The Bertz CT molecular complexity index is 766. The first-order chi connectivity index (χ1) is 10.5. The van der Waals surface area contributed by atoms with Gasteiger partial charge < -0.3 is 9.15 Å². The van der Waals surface area contributed by atoms with Crippen molar-refractivity contribution in [1.82, 2.24) is 4.31 Å². The molecule has 2 heterocycles. The number of hydrogen-bond donors (Lipinski definition) is 0. The number of methoxy groups -OCH3 is 1. The van der Waals surface area contributed by atoms with Crippen molar-refractivity contribution in [2.45, 2.75) is 30.9 Å². The lowest BCUT2D eigenvalue weighted by Crippen LogP contribution is -2.30. The van der Waals surface area contributed by atoms with Crippen LogP contribution < -0.4 is 4.74 Å². The van der Waals surface area contributed by atoms with Crippen molar-refractivity contribution in [2.75, 3.05) is 13.7 Å². The van der Waals surface area contributed by atoms with Crippen LogP contribution in [-0.2, 0) is 10.0 Å². The van der Waals surface area contributed by atoms with Crippen LogP contribution in [0, 0.1) is 6.92 Å². The molecule has 0 aliphatic carbocycles. The lowest BCUT2D eigenvalue weighted by Gasteiger charge is -2.23. The van der Waals surface area contributed by atoms with Gasteiger partial charge in [-0.15, -0.1) is 0 Å². The molecule has 22 heavy (non-hydrogen) atoms. The molecule has 0 spiro atoms. The molecule has 1 aliphatic heterocycles. The Balaban J connectivity index is 1.96. The van der Waals surface area contributed by atoms with E-state index in [1.165, 1.54) is 10.4 Å². The average Bonchev–Trinajstić information content (AvgIpc) is 3.16. The molecule has 1 aliphatic rings. The Hall–Kier alpha value is -1.79. The molecule has 1 saturated heterocycles. The minimum absolute atomic E-state index is 0.0137. The topological polar surface area (TPSA) is 59.8 Å². The molecular weight excluding hydrogens is 302 g/mol. The summed E-state index contributed by atoms with van der Waals surface area (Å²) in [5.74, 6) is 1.33. The van der Waals surface area contributed by atoms with Gasteiger partial charge in [0.05, 0.1) is 13.2 Å². The smallest absolute Gasteiger partial charge is 0.277 e. The highest BCUT2D eigenvalue weighted by Gasteiger charge is 2.37. The van der Waals surface area contributed by atoms with E-state index in [0.29, 0.717) is 12.3 Å². The van der Waals surface area contributed by atoms with Gasteiger partial charge in [-0.3, -0.25) is 0 Å². The van der Waals surface area contributed by atoms with E-state index in [9.17, 15) is 8.42 Å². The zero-order valence-electron chi connectivity index (χ0n) is 12.7. The number of furan rings is 1. The van der Waals surface area contributed by atoms with Crippen LogP contribution in [0.15, 0.2) is 45.9 Å². The molecule has 6 heteroatoms.